The number of benzene rings is 1. The average molecular weight is 301 g/mol. The van der Waals surface area contributed by atoms with E-state index in [1.165, 1.54) is 0 Å². The van der Waals surface area contributed by atoms with Crippen molar-refractivity contribution in [3.05, 3.63) is 35.6 Å². The van der Waals surface area contributed by atoms with Crippen molar-refractivity contribution >= 4 is 16.9 Å². The van der Waals surface area contributed by atoms with Gasteiger partial charge in [0, 0.05) is 36.6 Å². The Morgan fingerprint density at radius 3 is 2.91 bits per heavy atom. The third-order valence-corrected chi connectivity index (χ3v) is 4.11. The van der Waals surface area contributed by atoms with Gasteiger partial charge in [-0.05, 0) is 33.0 Å². The molecule has 1 saturated heterocycles. The van der Waals surface area contributed by atoms with E-state index in [2.05, 4.69) is 4.90 Å². The van der Waals surface area contributed by atoms with Gasteiger partial charge in [-0.1, -0.05) is 18.2 Å². The summed E-state index contributed by atoms with van der Waals surface area (Å²) in [7, 11) is 3.99. The van der Waals surface area contributed by atoms with Crippen molar-refractivity contribution in [2.75, 3.05) is 27.2 Å². The Kier molecular flexibility index (Phi) is 4.18. The topological polar surface area (TPSA) is 62.7 Å². The fourth-order valence-electron chi connectivity index (χ4n) is 3.08. The van der Waals surface area contributed by atoms with E-state index in [1.54, 1.807) is 0 Å². The second-order valence-electron chi connectivity index (χ2n) is 6.30. The van der Waals surface area contributed by atoms with Crippen LogP contribution in [0.5, 0.6) is 0 Å². The molecule has 5 heteroatoms. The number of hydrogen-bond acceptors (Lipinski definition) is 4. The van der Waals surface area contributed by atoms with Gasteiger partial charge in [0.1, 0.15) is 5.58 Å². The van der Waals surface area contributed by atoms with Crippen LogP contribution in [0.4, 0.5) is 0 Å². The maximum atomic E-state index is 12.9. The van der Waals surface area contributed by atoms with Gasteiger partial charge in [-0.15, -0.1) is 0 Å². The first-order valence-electron chi connectivity index (χ1n) is 7.76. The summed E-state index contributed by atoms with van der Waals surface area (Å²) in [5.74, 6) is 0.423. The number of nitrogens with zero attached hydrogens (tertiary/aromatic N) is 2. The van der Waals surface area contributed by atoms with E-state index in [4.69, 9.17) is 10.2 Å². The number of nitrogens with two attached hydrogens (primary N) is 1. The largest absolute Gasteiger partial charge is 0.451 e. The first-order valence-corrected chi connectivity index (χ1v) is 7.76. The molecule has 0 saturated carbocycles. The molecule has 0 spiro atoms. The Bertz CT molecular complexity index is 678. The van der Waals surface area contributed by atoms with E-state index >= 15 is 0 Å². The number of carbonyl (C=O) groups excluding carboxylic acids is 1. The molecule has 22 heavy (non-hydrogen) atoms. The van der Waals surface area contributed by atoms with E-state index in [-0.39, 0.29) is 11.9 Å². The summed E-state index contributed by atoms with van der Waals surface area (Å²) in [6.07, 6.45) is 1.94. The van der Waals surface area contributed by atoms with Crippen molar-refractivity contribution in [3.63, 3.8) is 0 Å². The van der Waals surface area contributed by atoms with Gasteiger partial charge in [-0.25, -0.2) is 0 Å². The van der Waals surface area contributed by atoms with Gasteiger partial charge in [0.05, 0.1) is 0 Å². The smallest absolute Gasteiger partial charge is 0.290 e. The quantitative estimate of drug-likeness (QED) is 0.942. The number of rotatable bonds is 3. The van der Waals surface area contributed by atoms with Gasteiger partial charge in [0.2, 0.25) is 0 Å². The van der Waals surface area contributed by atoms with Crippen LogP contribution < -0.4 is 5.73 Å². The number of furan rings is 1. The molecular formula is C17H23N3O2. The molecule has 2 heterocycles. The molecule has 1 aromatic carbocycles. The summed E-state index contributed by atoms with van der Waals surface area (Å²) in [6, 6.07) is 7.89. The Balaban J connectivity index is 1.99. The van der Waals surface area contributed by atoms with Gasteiger partial charge < -0.3 is 20.0 Å². The zero-order valence-electron chi connectivity index (χ0n) is 13.2. The molecule has 1 amide bonds. The third kappa shape index (κ3) is 2.87. The number of likely N-dealkylation sites (tertiary alicyclic amines) is 1. The number of fused-ring (bicyclic) bond motifs is 1. The molecule has 1 aliphatic heterocycles. The molecule has 0 bridgehead atoms. The number of piperidine rings is 1. The Morgan fingerprint density at radius 2 is 2.18 bits per heavy atom. The van der Waals surface area contributed by atoms with Crippen LogP contribution in [-0.4, -0.2) is 48.9 Å². The van der Waals surface area contributed by atoms with E-state index in [0.717, 1.165) is 35.9 Å². The second-order valence-corrected chi connectivity index (χ2v) is 6.30. The van der Waals surface area contributed by atoms with Crippen LogP contribution in [0, 0.1) is 0 Å². The predicted octanol–water partition coefficient (Wildman–Crippen LogP) is 2.06. The van der Waals surface area contributed by atoms with Crippen molar-refractivity contribution < 1.29 is 9.21 Å². The molecule has 118 valence electrons. The average Bonchev–Trinajstić information content (AvgIpc) is 2.85. The molecule has 0 radical (unpaired) electrons. The summed E-state index contributed by atoms with van der Waals surface area (Å²) in [5, 5.41) is 1.01. The van der Waals surface area contributed by atoms with E-state index in [9.17, 15) is 4.79 Å². The summed E-state index contributed by atoms with van der Waals surface area (Å²) in [6.45, 7) is 2.04. The summed E-state index contributed by atoms with van der Waals surface area (Å²) in [5.41, 5.74) is 7.73. The molecule has 2 N–H and O–H groups in total. The molecule has 1 fully saturated rings. The third-order valence-electron chi connectivity index (χ3n) is 4.11. The molecule has 1 aromatic heterocycles. The zero-order valence-corrected chi connectivity index (χ0v) is 13.2. The van der Waals surface area contributed by atoms with Crippen molar-refractivity contribution in [1.82, 2.24) is 9.80 Å². The molecule has 0 unspecified atom stereocenters. The van der Waals surface area contributed by atoms with Crippen molar-refractivity contribution in [2.24, 2.45) is 5.73 Å². The lowest BCUT2D eigenvalue weighted by atomic mass is 10.1. The van der Waals surface area contributed by atoms with E-state index in [0.29, 0.717) is 18.8 Å². The Morgan fingerprint density at radius 1 is 1.41 bits per heavy atom. The number of hydrogen-bond donors (Lipinski definition) is 1. The number of amides is 1. The van der Waals surface area contributed by atoms with Crippen LogP contribution in [0.15, 0.2) is 28.7 Å². The zero-order chi connectivity index (χ0) is 15.7. The highest BCUT2D eigenvalue weighted by Gasteiger charge is 2.28. The minimum Gasteiger partial charge on any atom is -0.451 e. The maximum Gasteiger partial charge on any atom is 0.290 e. The summed E-state index contributed by atoms with van der Waals surface area (Å²) in [4.78, 5) is 16.8. The second kappa shape index (κ2) is 6.10. The van der Waals surface area contributed by atoms with E-state index in [1.807, 2.05) is 43.3 Å². The van der Waals surface area contributed by atoms with Gasteiger partial charge in [-0.3, -0.25) is 4.79 Å². The molecule has 3 rings (SSSR count). The van der Waals surface area contributed by atoms with Crippen LogP contribution in [0.2, 0.25) is 0 Å². The SMILES string of the molecule is CN(C)Cc1c(C(=O)N2CCC[C@H](N)C2)oc2ccccc12. The molecular weight excluding hydrogens is 278 g/mol. The van der Waals surface area contributed by atoms with Gasteiger partial charge in [-0.2, -0.15) is 0 Å². The minimum atomic E-state index is -0.0387. The first-order chi connectivity index (χ1) is 10.6. The van der Waals surface area contributed by atoms with Crippen LogP contribution in [0.1, 0.15) is 29.0 Å². The standard InChI is InChI=1S/C17H23N3O2/c1-19(2)11-14-13-7-3-4-8-15(13)22-16(14)17(21)20-9-5-6-12(18)10-20/h3-4,7-8,12H,5-6,9-11,18H2,1-2H3/t12-/m0/s1. The van der Waals surface area contributed by atoms with Crippen molar-refractivity contribution in [3.8, 4) is 0 Å². The molecule has 2 aromatic rings. The lowest BCUT2D eigenvalue weighted by Gasteiger charge is -2.30. The Hall–Kier alpha value is -1.85. The monoisotopic (exact) mass is 301 g/mol. The fraction of sp³-hybridized carbons (Fsp3) is 0.471. The molecule has 5 nitrogen and oxygen atoms in total. The predicted molar refractivity (Wildman–Crippen MR) is 86.7 cm³/mol. The summed E-state index contributed by atoms with van der Waals surface area (Å²) >= 11 is 0. The van der Waals surface area contributed by atoms with Crippen molar-refractivity contribution in [1.29, 1.82) is 0 Å². The lowest BCUT2D eigenvalue weighted by molar-refractivity contribution is 0.0676. The van der Waals surface area contributed by atoms with Crippen LogP contribution in [0.3, 0.4) is 0 Å². The number of para-hydroxylation sites is 1. The normalized spacial score (nSPS) is 19.1. The van der Waals surface area contributed by atoms with E-state index < -0.39 is 0 Å². The van der Waals surface area contributed by atoms with Crippen LogP contribution >= 0.6 is 0 Å². The van der Waals surface area contributed by atoms with Crippen LogP contribution in [0.25, 0.3) is 11.0 Å². The molecule has 1 atom stereocenters. The minimum absolute atomic E-state index is 0.0387. The first kappa shape index (κ1) is 15.1. The molecule has 1 aliphatic rings. The lowest BCUT2D eigenvalue weighted by Crippen LogP contribution is -2.45. The van der Waals surface area contributed by atoms with Gasteiger partial charge in [0.15, 0.2) is 5.76 Å². The number of carbonyl (C=O) groups is 1. The van der Waals surface area contributed by atoms with Gasteiger partial charge in [0.25, 0.3) is 5.91 Å². The van der Waals surface area contributed by atoms with Gasteiger partial charge >= 0.3 is 0 Å². The van der Waals surface area contributed by atoms with Crippen LogP contribution in [-0.2, 0) is 6.54 Å². The highest BCUT2D eigenvalue weighted by molar-refractivity contribution is 5.99. The molecule has 0 aliphatic carbocycles. The highest BCUT2D eigenvalue weighted by Crippen LogP contribution is 2.28. The fourth-order valence-corrected chi connectivity index (χ4v) is 3.08. The summed E-state index contributed by atoms with van der Waals surface area (Å²) < 4.78 is 5.89. The maximum absolute atomic E-state index is 12.9. The highest BCUT2D eigenvalue weighted by atomic mass is 16.3. The Labute approximate surface area is 130 Å². The van der Waals surface area contributed by atoms with Crippen molar-refractivity contribution in [2.45, 2.75) is 25.4 Å².